The molecule has 0 fully saturated rings. The van der Waals surface area contributed by atoms with Gasteiger partial charge in [-0.3, -0.25) is 9.00 Å². The minimum absolute atomic E-state index is 0.0184. The van der Waals surface area contributed by atoms with Crippen LogP contribution in [0.5, 0.6) is 0 Å². The van der Waals surface area contributed by atoms with Gasteiger partial charge in [-0.05, 0) is 24.6 Å². The van der Waals surface area contributed by atoms with Crippen molar-refractivity contribution in [3.8, 4) is 0 Å². The first kappa shape index (κ1) is 14.2. The first-order valence-electron chi connectivity index (χ1n) is 5.07. The van der Waals surface area contributed by atoms with Crippen LogP contribution in [0.1, 0.15) is 16.8 Å². The number of benzene rings is 1. The van der Waals surface area contributed by atoms with Crippen LogP contribution in [0.2, 0.25) is 0 Å². The fourth-order valence-corrected chi connectivity index (χ4v) is 2.01. The molecule has 0 aliphatic carbocycles. The SMILES string of the molecule is CS(=O)CCCNC(=O)c1cc(S)ccc1F. The van der Waals surface area contributed by atoms with E-state index in [2.05, 4.69) is 17.9 Å². The minimum atomic E-state index is -0.870. The average Bonchev–Trinajstić information content (AvgIpc) is 2.27. The molecule has 1 unspecified atom stereocenters. The summed E-state index contributed by atoms with van der Waals surface area (Å²) in [5.41, 5.74) is -0.0184. The zero-order valence-electron chi connectivity index (χ0n) is 9.40. The van der Waals surface area contributed by atoms with Crippen LogP contribution in [0.25, 0.3) is 0 Å². The zero-order chi connectivity index (χ0) is 12.8. The molecule has 0 aromatic heterocycles. The van der Waals surface area contributed by atoms with Crippen molar-refractivity contribution in [1.29, 1.82) is 0 Å². The van der Waals surface area contributed by atoms with Crippen LogP contribution in [0, 0.1) is 5.82 Å². The van der Waals surface area contributed by atoms with Crippen LogP contribution < -0.4 is 5.32 Å². The lowest BCUT2D eigenvalue weighted by molar-refractivity contribution is 0.0949. The van der Waals surface area contributed by atoms with E-state index in [1.54, 1.807) is 6.26 Å². The molecular weight excluding hydrogens is 261 g/mol. The minimum Gasteiger partial charge on any atom is -0.352 e. The highest BCUT2D eigenvalue weighted by Gasteiger charge is 2.11. The molecule has 1 atom stereocenters. The van der Waals surface area contributed by atoms with Crippen molar-refractivity contribution < 1.29 is 13.4 Å². The molecule has 0 bridgehead atoms. The van der Waals surface area contributed by atoms with E-state index in [0.717, 1.165) is 0 Å². The van der Waals surface area contributed by atoms with Crippen molar-refractivity contribution in [2.75, 3.05) is 18.6 Å². The average molecular weight is 275 g/mol. The molecule has 1 aromatic rings. The summed E-state index contributed by atoms with van der Waals surface area (Å²) in [6.07, 6.45) is 2.21. The first-order valence-corrected chi connectivity index (χ1v) is 7.25. The summed E-state index contributed by atoms with van der Waals surface area (Å²) in [5, 5.41) is 2.58. The second kappa shape index (κ2) is 6.76. The predicted molar refractivity (Wildman–Crippen MR) is 69.5 cm³/mol. The third-order valence-electron chi connectivity index (χ3n) is 2.09. The van der Waals surface area contributed by atoms with Gasteiger partial charge in [-0.25, -0.2) is 4.39 Å². The quantitative estimate of drug-likeness (QED) is 0.633. The van der Waals surface area contributed by atoms with Gasteiger partial charge in [-0.15, -0.1) is 12.6 Å². The predicted octanol–water partition coefficient (Wildman–Crippen LogP) is 1.61. The maximum atomic E-state index is 13.3. The van der Waals surface area contributed by atoms with Gasteiger partial charge in [0.15, 0.2) is 0 Å². The Morgan fingerprint density at radius 2 is 2.24 bits per heavy atom. The van der Waals surface area contributed by atoms with Crippen molar-refractivity contribution in [2.24, 2.45) is 0 Å². The molecule has 0 saturated carbocycles. The highest BCUT2D eigenvalue weighted by atomic mass is 32.2. The lowest BCUT2D eigenvalue weighted by atomic mass is 10.2. The van der Waals surface area contributed by atoms with Crippen LogP contribution >= 0.6 is 12.6 Å². The molecule has 1 rings (SSSR count). The zero-order valence-corrected chi connectivity index (χ0v) is 11.1. The molecule has 0 heterocycles. The van der Waals surface area contributed by atoms with Gasteiger partial charge in [0.25, 0.3) is 5.91 Å². The van der Waals surface area contributed by atoms with Gasteiger partial charge in [0.1, 0.15) is 5.82 Å². The summed E-state index contributed by atoms with van der Waals surface area (Å²) in [6.45, 7) is 0.384. The number of hydrogen-bond acceptors (Lipinski definition) is 3. The summed E-state index contributed by atoms with van der Waals surface area (Å²) in [5.74, 6) is -0.519. The van der Waals surface area contributed by atoms with E-state index in [1.165, 1.54) is 18.2 Å². The second-order valence-electron chi connectivity index (χ2n) is 3.55. The van der Waals surface area contributed by atoms with Crippen LogP contribution in [-0.4, -0.2) is 28.7 Å². The third kappa shape index (κ3) is 4.87. The molecule has 3 nitrogen and oxygen atoms in total. The van der Waals surface area contributed by atoms with Gasteiger partial charge in [-0.2, -0.15) is 0 Å². The van der Waals surface area contributed by atoms with Crippen LogP contribution in [0.15, 0.2) is 23.1 Å². The molecule has 17 heavy (non-hydrogen) atoms. The molecule has 1 aromatic carbocycles. The first-order chi connectivity index (χ1) is 8.00. The number of amides is 1. The molecule has 6 heteroatoms. The smallest absolute Gasteiger partial charge is 0.254 e. The Hall–Kier alpha value is -0.880. The van der Waals surface area contributed by atoms with E-state index < -0.39 is 22.5 Å². The lowest BCUT2D eigenvalue weighted by Gasteiger charge is -2.06. The van der Waals surface area contributed by atoms with Gasteiger partial charge in [-0.1, -0.05) is 0 Å². The maximum Gasteiger partial charge on any atom is 0.254 e. The number of hydrogen-bond donors (Lipinski definition) is 2. The standard InChI is InChI=1S/C11H14FNO2S2/c1-17(15)6-2-5-13-11(14)9-7-8(16)3-4-10(9)12/h3-4,7,16H,2,5-6H2,1H3,(H,13,14). The number of halogens is 1. The largest absolute Gasteiger partial charge is 0.352 e. The number of carbonyl (C=O) groups is 1. The van der Waals surface area contributed by atoms with Crippen molar-refractivity contribution in [3.63, 3.8) is 0 Å². The highest BCUT2D eigenvalue weighted by Crippen LogP contribution is 2.13. The molecule has 0 aliphatic heterocycles. The van der Waals surface area contributed by atoms with Gasteiger partial charge in [0, 0.05) is 34.2 Å². The fraction of sp³-hybridized carbons (Fsp3) is 0.364. The summed E-state index contributed by atoms with van der Waals surface area (Å²) in [4.78, 5) is 12.1. The molecule has 94 valence electrons. The van der Waals surface area contributed by atoms with Gasteiger partial charge < -0.3 is 5.32 Å². The second-order valence-corrected chi connectivity index (χ2v) is 5.62. The van der Waals surface area contributed by atoms with E-state index in [1.807, 2.05) is 0 Å². The molecule has 0 radical (unpaired) electrons. The van der Waals surface area contributed by atoms with Crippen molar-refractivity contribution in [3.05, 3.63) is 29.6 Å². The van der Waals surface area contributed by atoms with Crippen molar-refractivity contribution in [2.45, 2.75) is 11.3 Å². The van der Waals surface area contributed by atoms with Gasteiger partial charge >= 0.3 is 0 Å². The fourth-order valence-electron chi connectivity index (χ4n) is 1.26. The summed E-state index contributed by atoms with van der Waals surface area (Å²) < 4.78 is 24.1. The van der Waals surface area contributed by atoms with E-state index in [0.29, 0.717) is 23.6 Å². The Morgan fingerprint density at radius 3 is 2.88 bits per heavy atom. The maximum absolute atomic E-state index is 13.3. The lowest BCUT2D eigenvalue weighted by Crippen LogP contribution is -2.26. The van der Waals surface area contributed by atoms with Crippen LogP contribution in [-0.2, 0) is 10.8 Å². The topological polar surface area (TPSA) is 46.2 Å². The number of rotatable bonds is 5. The number of thiol groups is 1. The molecule has 0 saturated heterocycles. The Labute approximate surface area is 108 Å². The normalized spacial score (nSPS) is 12.2. The van der Waals surface area contributed by atoms with Gasteiger partial charge in [0.2, 0.25) is 0 Å². The molecular formula is C11H14FNO2S2. The number of nitrogens with one attached hydrogen (secondary N) is 1. The Balaban J connectivity index is 2.52. The van der Waals surface area contributed by atoms with E-state index in [9.17, 15) is 13.4 Å². The Kier molecular flexibility index (Phi) is 5.64. The summed E-state index contributed by atoms with van der Waals surface area (Å²) in [6, 6.07) is 4.07. The molecule has 0 spiro atoms. The Bertz CT molecular complexity index is 437. The Morgan fingerprint density at radius 1 is 1.53 bits per heavy atom. The van der Waals surface area contributed by atoms with Crippen molar-refractivity contribution in [1.82, 2.24) is 5.32 Å². The van der Waals surface area contributed by atoms with Gasteiger partial charge in [0.05, 0.1) is 5.56 Å². The number of carbonyl (C=O) groups excluding carboxylic acids is 1. The molecule has 1 amide bonds. The van der Waals surface area contributed by atoms with E-state index >= 15 is 0 Å². The van der Waals surface area contributed by atoms with Crippen molar-refractivity contribution >= 4 is 29.3 Å². The molecule has 0 aliphatic rings. The highest BCUT2D eigenvalue weighted by molar-refractivity contribution is 7.84. The van der Waals surface area contributed by atoms with E-state index in [4.69, 9.17) is 0 Å². The van der Waals surface area contributed by atoms with Crippen LogP contribution in [0.3, 0.4) is 0 Å². The summed E-state index contributed by atoms with van der Waals surface area (Å²) in [7, 11) is -0.870. The summed E-state index contributed by atoms with van der Waals surface area (Å²) >= 11 is 4.05. The molecule has 1 N–H and O–H groups in total. The monoisotopic (exact) mass is 275 g/mol. The third-order valence-corrected chi connectivity index (χ3v) is 3.23. The van der Waals surface area contributed by atoms with E-state index in [-0.39, 0.29) is 5.56 Å². The van der Waals surface area contributed by atoms with Crippen LogP contribution in [0.4, 0.5) is 4.39 Å².